The number of methoxy groups -OCH3 is 1. The standard InChI is InChI=1S/C30H42N4O9/c1-17(35)22-13-20(15-33(22)27(39)42-29(2,3)4)31-24(36)18-9-11-19(12-10-18)25(37)32-21-14-23(26(38)41-8)34(16-21)28(40)43-30(5,6)7/h9-12,20-23H,13-16H2,1-8H3,(H,31,36)(H,32,37)/t20-,21-,22-,23-/m0/s1. The molecule has 13 nitrogen and oxygen atoms in total. The Bertz CT molecular complexity index is 1250. The molecule has 13 heteroatoms. The molecule has 0 spiro atoms. The number of carbonyl (C=O) groups is 6. The highest BCUT2D eigenvalue weighted by Crippen LogP contribution is 2.24. The highest BCUT2D eigenvalue weighted by atomic mass is 16.6. The fourth-order valence-corrected chi connectivity index (χ4v) is 4.98. The molecule has 43 heavy (non-hydrogen) atoms. The van der Waals surface area contributed by atoms with Crippen LogP contribution in [0.3, 0.4) is 0 Å². The number of ether oxygens (including phenoxy) is 3. The molecule has 2 heterocycles. The Labute approximate surface area is 251 Å². The van der Waals surface area contributed by atoms with E-state index in [-0.39, 0.29) is 42.8 Å². The second-order valence-electron chi connectivity index (χ2n) is 12.8. The van der Waals surface area contributed by atoms with Gasteiger partial charge in [0.15, 0.2) is 5.78 Å². The van der Waals surface area contributed by atoms with E-state index in [1.807, 2.05) is 0 Å². The average Bonchev–Trinajstić information content (AvgIpc) is 3.51. The lowest BCUT2D eigenvalue weighted by Gasteiger charge is -2.27. The summed E-state index contributed by atoms with van der Waals surface area (Å²) in [5.41, 5.74) is -0.936. The van der Waals surface area contributed by atoms with Gasteiger partial charge in [-0.05, 0) is 79.2 Å². The lowest BCUT2D eigenvalue weighted by molar-refractivity contribution is -0.145. The van der Waals surface area contributed by atoms with Gasteiger partial charge in [0.2, 0.25) is 0 Å². The van der Waals surface area contributed by atoms with Gasteiger partial charge in [0.1, 0.15) is 17.2 Å². The minimum absolute atomic E-state index is 0.0594. The first-order valence-corrected chi connectivity index (χ1v) is 14.2. The molecule has 1 aromatic carbocycles. The second kappa shape index (κ2) is 13.0. The third-order valence-corrected chi connectivity index (χ3v) is 6.88. The third kappa shape index (κ3) is 8.91. The molecule has 3 rings (SSSR count). The van der Waals surface area contributed by atoms with Crippen LogP contribution in [0.15, 0.2) is 24.3 Å². The smallest absolute Gasteiger partial charge is 0.411 e. The molecule has 1 aromatic rings. The van der Waals surface area contributed by atoms with Crippen molar-refractivity contribution in [3.63, 3.8) is 0 Å². The van der Waals surface area contributed by atoms with Crippen LogP contribution in [0.2, 0.25) is 0 Å². The number of carbonyl (C=O) groups excluding carboxylic acids is 6. The van der Waals surface area contributed by atoms with E-state index in [9.17, 15) is 28.8 Å². The van der Waals surface area contributed by atoms with E-state index in [0.717, 1.165) is 0 Å². The minimum atomic E-state index is -0.902. The Balaban J connectivity index is 1.61. The number of nitrogens with zero attached hydrogens (tertiary/aromatic N) is 2. The fraction of sp³-hybridized carbons (Fsp3) is 0.600. The van der Waals surface area contributed by atoms with Crippen LogP contribution in [-0.4, -0.2) is 101 Å². The average molecular weight is 603 g/mol. The van der Waals surface area contributed by atoms with E-state index in [1.165, 1.54) is 48.1 Å². The summed E-state index contributed by atoms with van der Waals surface area (Å²) in [6.07, 6.45) is -0.883. The van der Waals surface area contributed by atoms with Gasteiger partial charge in [0.25, 0.3) is 11.8 Å². The van der Waals surface area contributed by atoms with Crippen LogP contribution >= 0.6 is 0 Å². The Morgan fingerprint density at radius 3 is 1.42 bits per heavy atom. The van der Waals surface area contributed by atoms with Crippen molar-refractivity contribution in [2.45, 2.75) is 96.7 Å². The Morgan fingerprint density at radius 2 is 1.07 bits per heavy atom. The van der Waals surface area contributed by atoms with Gasteiger partial charge in [-0.2, -0.15) is 0 Å². The van der Waals surface area contributed by atoms with Crippen molar-refractivity contribution in [1.82, 2.24) is 20.4 Å². The predicted octanol–water partition coefficient (Wildman–Crippen LogP) is 2.66. The van der Waals surface area contributed by atoms with Gasteiger partial charge in [0.05, 0.1) is 13.2 Å². The largest absolute Gasteiger partial charge is 0.467 e. The van der Waals surface area contributed by atoms with Crippen molar-refractivity contribution in [2.75, 3.05) is 20.2 Å². The summed E-state index contributed by atoms with van der Waals surface area (Å²) in [7, 11) is 1.23. The number of hydrogen-bond acceptors (Lipinski definition) is 9. The molecule has 0 bridgehead atoms. The number of likely N-dealkylation sites (tertiary alicyclic amines) is 2. The van der Waals surface area contributed by atoms with Crippen LogP contribution in [-0.2, 0) is 23.8 Å². The number of esters is 1. The van der Waals surface area contributed by atoms with Crippen LogP contribution in [0.4, 0.5) is 9.59 Å². The van der Waals surface area contributed by atoms with Crippen molar-refractivity contribution >= 4 is 35.8 Å². The normalized spacial score (nSPS) is 22.0. The molecule has 2 aliphatic heterocycles. The van der Waals surface area contributed by atoms with Gasteiger partial charge in [-0.3, -0.25) is 24.2 Å². The monoisotopic (exact) mass is 602 g/mol. The van der Waals surface area contributed by atoms with Gasteiger partial charge in [-0.25, -0.2) is 14.4 Å². The maximum Gasteiger partial charge on any atom is 0.411 e. The first-order valence-electron chi connectivity index (χ1n) is 14.2. The van der Waals surface area contributed by atoms with E-state index >= 15 is 0 Å². The summed E-state index contributed by atoms with van der Waals surface area (Å²) in [6.45, 7) is 11.9. The first kappa shape index (κ1) is 33.3. The van der Waals surface area contributed by atoms with Crippen LogP contribution < -0.4 is 10.6 Å². The zero-order chi connectivity index (χ0) is 32.3. The summed E-state index contributed by atoms with van der Waals surface area (Å²) >= 11 is 0. The number of ketones is 1. The highest BCUT2D eigenvalue weighted by molar-refractivity contribution is 5.98. The number of rotatable bonds is 6. The second-order valence-corrected chi connectivity index (χ2v) is 12.8. The van der Waals surface area contributed by atoms with Crippen LogP contribution in [0, 0.1) is 0 Å². The number of nitrogens with one attached hydrogen (secondary N) is 2. The molecule has 2 N–H and O–H groups in total. The molecule has 236 valence electrons. The first-order chi connectivity index (χ1) is 19.9. The third-order valence-electron chi connectivity index (χ3n) is 6.88. The molecule has 0 saturated carbocycles. The summed E-state index contributed by atoms with van der Waals surface area (Å²) in [6, 6.07) is 3.36. The van der Waals surface area contributed by atoms with Crippen LogP contribution in [0.5, 0.6) is 0 Å². The molecule has 2 saturated heterocycles. The van der Waals surface area contributed by atoms with E-state index in [4.69, 9.17) is 14.2 Å². The summed E-state index contributed by atoms with van der Waals surface area (Å²) in [5, 5.41) is 5.68. The molecule has 2 aliphatic rings. The van der Waals surface area contributed by atoms with E-state index in [0.29, 0.717) is 0 Å². The zero-order valence-electron chi connectivity index (χ0n) is 26.0. The van der Waals surface area contributed by atoms with Gasteiger partial charge in [-0.15, -0.1) is 0 Å². The highest BCUT2D eigenvalue weighted by Gasteiger charge is 2.43. The Kier molecular flexibility index (Phi) is 10.1. The maximum absolute atomic E-state index is 13.0. The number of amides is 4. The predicted molar refractivity (Wildman–Crippen MR) is 154 cm³/mol. The molecule has 0 radical (unpaired) electrons. The maximum atomic E-state index is 13.0. The van der Waals surface area contributed by atoms with E-state index in [2.05, 4.69) is 10.6 Å². The van der Waals surface area contributed by atoms with Crippen molar-refractivity contribution in [1.29, 1.82) is 0 Å². The molecular formula is C30H42N4O9. The van der Waals surface area contributed by atoms with Crippen molar-refractivity contribution in [3.8, 4) is 0 Å². The summed E-state index contributed by atoms with van der Waals surface area (Å²) < 4.78 is 15.7. The quantitative estimate of drug-likeness (QED) is 0.368. The van der Waals surface area contributed by atoms with Crippen molar-refractivity contribution in [3.05, 3.63) is 35.4 Å². The Morgan fingerprint density at radius 1 is 0.698 bits per heavy atom. The van der Waals surface area contributed by atoms with E-state index in [1.54, 1.807) is 41.5 Å². The molecule has 0 aromatic heterocycles. The zero-order valence-corrected chi connectivity index (χ0v) is 26.0. The number of hydrogen-bond donors (Lipinski definition) is 2. The lowest BCUT2D eigenvalue weighted by Crippen LogP contribution is -2.44. The lowest BCUT2D eigenvalue weighted by atomic mass is 10.1. The minimum Gasteiger partial charge on any atom is -0.467 e. The Hall–Kier alpha value is -4.16. The fourth-order valence-electron chi connectivity index (χ4n) is 4.98. The van der Waals surface area contributed by atoms with Gasteiger partial charge in [-0.1, -0.05) is 0 Å². The summed E-state index contributed by atoms with van der Waals surface area (Å²) in [4.78, 5) is 78.3. The molecule has 4 amide bonds. The van der Waals surface area contributed by atoms with Crippen LogP contribution in [0.25, 0.3) is 0 Å². The molecular weight excluding hydrogens is 560 g/mol. The van der Waals surface area contributed by atoms with Gasteiger partial charge >= 0.3 is 18.2 Å². The SMILES string of the molecule is COC(=O)[C@@H]1C[C@H](NC(=O)c2ccc(C(=O)N[C@H]3C[C@@H](C(C)=O)N(C(=O)OC(C)(C)C)C3)cc2)CN1C(=O)OC(C)(C)C. The van der Waals surface area contributed by atoms with Crippen LogP contribution in [0.1, 0.15) is 82.0 Å². The summed E-state index contributed by atoms with van der Waals surface area (Å²) in [5.74, 6) is -1.67. The molecule has 0 aliphatic carbocycles. The molecule has 4 atom stereocenters. The van der Waals surface area contributed by atoms with Crippen molar-refractivity contribution < 1.29 is 43.0 Å². The number of benzene rings is 1. The number of Topliss-reactive ketones (excluding diaryl/α,β-unsaturated/α-hetero) is 1. The molecule has 2 fully saturated rings. The van der Waals surface area contributed by atoms with Crippen molar-refractivity contribution in [2.24, 2.45) is 0 Å². The topological polar surface area (TPSA) is 161 Å². The van der Waals surface area contributed by atoms with Gasteiger partial charge in [0, 0.05) is 42.7 Å². The van der Waals surface area contributed by atoms with Gasteiger partial charge < -0.3 is 24.8 Å². The molecule has 0 unspecified atom stereocenters. The van der Waals surface area contributed by atoms with E-state index < -0.39 is 65.3 Å².